The van der Waals surface area contributed by atoms with Gasteiger partial charge in [0.15, 0.2) is 0 Å². The predicted molar refractivity (Wildman–Crippen MR) is 119 cm³/mol. The van der Waals surface area contributed by atoms with Gasteiger partial charge in [0.25, 0.3) is 0 Å². The maximum absolute atomic E-state index is 14.3. The summed E-state index contributed by atoms with van der Waals surface area (Å²) in [5.74, 6) is 0.288. The smallest absolute Gasteiger partial charge is 0.240 e. The van der Waals surface area contributed by atoms with E-state index >= 15 is 0 Å². The minimum Gasteiger partial charge on any atom is -0.479 e. The molecule has 0 saturated carbocycles. The van der Waals surface area contributed by atoms with Gasteiger partial charge in [-0.15, -0.1) is 5.10 Å². The molecule has 0 spiro atoms. The van der Waals surface area contributed by atoms with Crippen LogP contribution in [0.25, 0.3) is 28.0 Å². The molecule has 0 saturated heterocycles. The quantitative estimate of drug-likeness (QED) is 0.423. The van der Waals surface area contributed by atoms with Gasteiger partial charge in [-0.05, 0) is 18.6 Å². The van der Waals surface area contributed by atoms with Gasteiger partial charge in [-0.1, -0.05) is 24.3 Å². The highest BCUT2D eigenvalue weighted by atomic mass is 19.1. The Morgan fingerprint density at radius 3 is 2.70 bits per heavy atom. The molecule has 0 radical (unpaired) electrons. The lowest BCUT2D eigenvalue weighted by atomic mass is 10.1. The fraction of sp³-hybridized carbons (Fsp3) is 0.182. The van der Waals surface area contributed by atoms with Crippen molar-refractivity contribution in [3.05, 3.63) is 66.9 Å². The van der Waals surface area contributed by atoms with Crippen LogP contribution in [-0.2, 0) is 0 Å². The topological polar surface area (TPSA) is 122 Å². The van der Waals surface area contributed by atoms with E-state index in [1.807, 2.05) is 17.7 Å². The van der Waals surface area contributed by atoms with Crippen LogP contribution in [0.2, 0.25) is 0 Å². The molecule has 0 unspecified atom stereocenters. The number of methoxy groups -OCH3 is 1. The number of hydrogen-bond acceptors (Lipinski definition) is 8. The average Bonchev–Trinajstić information content (AvgIpc) is 3.47. The van der Waals surface area contributed by atoms with Crippen molar-refractivity contribution in [3.8, 4) is 22.8 Å². The molecular weight excluding hydrogens is 425 g/mol. The second kappa shape index (κ2) is 8.26. The van der Waals surface area contributed by atoms with Gasteiger partial charge in [0.05, 0.1) is 24.7 Å². The summed E-state index contributed by atoms with van der Waals surface area (Å²) in [7, 11) is 1.53. The van der Waals surface area contributed by atoms with E-state index in [1.54, 1.807) is 36.8 Å². The van der Waals surface area contributed by atoms with E-state index in [1.165, 1.54) is 24.2 Å². The molecule has 33 heavy (non-hydrogen) atoms. The number of rotatable bonds is 6. The summed E-state index contributed by atoms with van der Waals surface area (Å²) in [6.07, 6.45) is 8.81. The molecule has 0 bridgehead atoms. The Bertz CT molecular complexity index is 1450. The Balaban J connectivity index is 1.67. The van der Waals surface area contributed by atoms with Crippen molar-refractivity contribution in [2.45, 2.75) is 19.4 Å². The van der Waals surface area contributed by atoms with Crippen LogP contribution in [0.1, 0.15) is 25.1 Å². The molecule has 166 valence electrons. The van der Waals surface area contributed by atoms with E-state index < -0.39 is 0 Å². The first-order chi connectivity index (χ1) is 16.1. The van der Waals surface area contributed by atoms with E-state index in [2.05, 4.69) is 30.2 Å². The third kappa shape index (κ3) is 3.43. The first-order valence-corrected chi connectivity index (χ1v) is 10.3. The van der Waals surface area contributed by atoms with Crippen molar-refractivity contribution in [2.75, 3.05) is 12.8 Å². The number of anilines is 1. The molecule has 0 amide bonds. The molecule has 4 aromatic heterocycles. The lowest BCUT2D eigenvalue weighted by molar-refractivity contribution is 0.398. The number of para-hydroxylation sites is 1. The number of benzene rings is 1. The highest BCUT2D eigenvalue weighted by Gasteiger charge is 2.25. The van der Waals surface area contributed by atoms with E-state index in [0.717, 1.165) is 0 Å². The molecule has 11 heteroatoms. The van der Waals surface area contributed by atoms with E-state index in [4.69, 9.17) is 10.5 Å². The Hall–Kier alpha value is -4.41. The zero-order valence-electron chi connectivity index (χ0n) is 17.9. The fourth-order valence-electron chi connectivity index (χ4n) is 3.92. The first kappa shape index (κ1) is 20.5. The third-order valence-electron chi connectivity index (χ3n) is 5.43. The Labute approximate surface area is 187 Å². The molecule has 0 aliphatic rings. The highest BCUT2D eigenvalue weighted by molar-refractivity contribution is 6.00. The minimum absolute atomic E-state index is 0.251. The minimum atomic E-state index is -0.383. The van der Waals surface area contributed by atoms with Gasteiger partial charge in [-0.2, -0.15) is 0 Å². The van der Waals surface area contributed by atoms with Gasteiger partial charge in [0, 0.05) is 24.2 Å². The number of aromatic nitrogens is 8. The van der Waals surface area contributed by atoms with Gasteiger partial charge < -0.3 is 15.0 Å². The van der Waals surface area contributed by atoms with Crippen molar-refractivity contribution in [1.82, 2.24) is 39.5 Å². The summed E-state index contributed by atoms with van der Waals surface area (Å²) in [6, 6.07) is 6.15. The van der Waals surface area contributed by atoms with E-state index in [9.17, 15) is 4.39 Å². The van der Waals surface area contributed by atoms with E-state index in [-0.39, 0.29) is 11.9 Å². The zero-order chi connectivity index (χ0) is 22.9. The predicted octanol–water partition coefficient (Wildman–Crippen LogP) is 3.20. The van der Waals surface area contributed by atoms with Crippen LogP contribution in [0.4, 0.5) is 10.2 Å². The van der Waals surface area contributed by atoms with Crippen molar-refractivity contribution >= 4 is 16.9 Å². The fourth-order valence-corrected chi connectivity index (χ4v) is 3.92. The van der Waals surface area contributed by atoms with Gasteiger partial charge >= 0.3 is 0 Å². The number of ether oxygens (including phenoxy) is 1. The number of hydrogen-bond donors (Lipinski definition) is 1. The molecule has 5 rings (SSSR count). The molecule has 2 N–H and O–H groups in total. The van der Waals surface area contributed by atoms with Crippen molar-refractivity contribution < 1.29 is 9.13 Å². The van der Waals surface area contributed by atoms with E-state index in [0.29, 0.717) is 51.8 Å². The second-order valence-electron chi connectivity index (χ2n) is 7.29. The summed E-state index contributed by atoms with van der Waals surface area (Å²) in [5.41, 5.74) is 9.03. The molecule has 4 heterocycles. The Morgan fingerprint density at radius 1 is 1.09 bits per heavy atom. The Kier molecular flexibility index (Phi) is 5.13. The number of halogens is 1. The number of nitrogen functional groups attached to an aromatic ring is 1. The lowest BCUT2D eigenvalue weighted by Gasteiger charge is -2.15. The molecule has 1 aromatic carbocycles. The number of nitrogens with two attached hydrogens (primary N) is 1. The SMILES string of the molecule is CC[C@@H](c1cn(-c2ccccc2F)nn1)n1cc(-c2nccnc2OC)c2c(N)ncnc21. The summed E-state index contributed by atoms with van der Waals surface area (Å²) in [5, 5.41) is 9.10. The van der Waals surface area contributed by atoms with Gasteiger partial charge in [-0.25, -0.2) is 29.0 Å². The van der Waals surface area contributed by atoms with Crippen LogP contribution < -0.4 is 10.5 Å². The van der Waals surface area contributed by atoms with Crippen LogP contribution in [0.15, 0.2) is 55.4 Å². The highest BCUT2D eigenvalue weighted by Crippen LogP contribution is 2.38. The molecule has 10 nitrogen and oxygen atoms in total. The first-order valence-electron chi connectivity index (χ1n) is 10.3. The maximum Gasteiger partial charge on any atom is 0.240 e. The molecule has 0 aliphatic carbocycles. The lowest BCUT2D eigenvalue weighted by Crippen LogP contribution is -2.10. The zero-order valence-corrected chi connectivity index (χ0v) is 17.9. The molecule has 0 aliphatic heterocycles. The summed E-state index contributed by atoms with van der Waals surface area (Å²) in [6.45, 7) is 2.02. The van der Waals surface area contributed by atoms with Crippen LogP contribution in [0.5, 0.6) is 5.88 Å². The molecular formula is C22H20FN9O. The molecule has 0 fully saturated rings. The van der Waals surface area contributed by atoms with Crippen molar-refractivity contribution in [3.63, 3.8) is 0 Å². The molecule has 1 atom stereocenters. The van der Waals surface area contributed by atoms with Crippen LogP contribution >= 0.6 is 0 Å². The largest absolute Gasteiger partial charge is 0.479 e. The average molecular weight is 445 g/mol. The maximum atomic E-state index is 14.3. The van der Waals surface area contributed by atoms with Crippen molar-refractivity contribution in [2.24, 2.45) is 0 Å². The van der Waals surface area contributed by atoms with Crippen molar-refractivity contribution in [1.29, 1.82) is 0 Å². The number of fused-ring (bicyclic) bond motifs is 1. The third-order valence-corrected chi connectivity index (χ3v) is 5.43. The van der Waals surface area contributed by atoms with Gasteiger partial charge in [-0.3, -0.25) is 0 Å². The van der Waals surface area contributed by atoms with Crippen LogP contribution in [0.3, 0.4) is 0 Å². The normalized spacial score (nSPS) is 12.2. The summed E-state index contributed by atoms with van der Waals surface area (Å²) < 4.78 is 23.0. The van der Waals surface area contributed by atoms with Gasteiger partial charge in [0.2, 0.25) is 5.88 Å². The monoisotopic (exact) mass is 445 g/mol. The second-order valence-corrected chi connectivity index (χ2v) is 7.29. The standard InChI is InChI=1S/C22H20FN9O/c1-3-16(15-11-32(30-29-15)17-7-5-4-6-14(17)23)31-10-13(18-20(24)27-12-28-21(18)31)19-22(33-2)26-9-8-25-19/h4-12,16H,3H2,1-2H3,(H2,24,27,28)/t16-/m0/s1. The van der Waals surface area contributed by atoms with Crippen LogP contribution in [-0.4, -0.2) is 46.6 Å². The molecule has 5 aromatic rings. The van der Waals surface area contributed by atoms with Crippen LogP contribution in [0, 0.1) is 5.82 Å². The number of nitrogens with zero attached hydrogens (tertiary/aromatic N) is 8. The Morgan fingerprint density at radius 2 is 1.91 bits per heavy atom. The summed E-state index contributed by atoms with van der Waals surface area (Å²) in [4.78, 5) is 17.4. The summed E-state index contributed by atoms with van der Waals surface area (Å²) >= 11 is 0. The van der Waals surface area contributed by atoms with Gasteiger partial charge in [0.1, 0.15) is 40.7 Å².